The van der Waals surface area contributed by atoms with Crippen LogP contribution in [-0.2, 0) is 4.79 Å². The van der Waals surface area contributed by atoms with Gasteiger partial charge in [0, 0.05) is 11.6 Å². The summed E-state index contributed by atoms with van der Waals surface area (Å²) in [4.78, 5) is 21.7. The van der Waals surface area contributed by atoms with Crippen LogP contribution in [0.2, 0.25) is 0 Å². The molecule has 0 aliphatic carbocycles. The molecule has 17 heavy (non-hydrogen) atoms. The van der Waals surface area contributed by atoms with Crippen LogP contribution >= 0.6 is 0 Å². The van der Waals surface area contributed by atoms with E-state index in [2.05, 4.69) is 0 Å². The molecule has 0 aliphatic heterocycles. The first-order chi connectivity index (χ1) is 7.99. The average molecular weight is 234 g/mol. The molecule has 0 atom stereocenters. The molecule has 1 N–H and O–H groups in total. The molecule has 1 aromatic carbocycles. The lowest BCUT2D eigenvalue weighted by Gasteiger charge is -2.09. The van der Waals surface area contributed by atoms with E-state index >= 15 is 0 Å². The van der Waals surface area contributed by atoms with Gasteiger partial charge in [0.15, 0.2) is 5.78 Å². The molecule has 0 unspecified atom stereocenters. The smallest absolute Gasteiger partial charge is 0.328 e. The number of rotatable bonds is 5. The molecule has 1 rings (SSSR count). The van der Waals surface area contributed by atoms with Crippen molar-refractivity contribution in [1.82, 2.24) is 0 Å². The zero-order chi connectivity index (χ0) is 12.8. The van der Waals surface area contributed by atoms with E-state index < -0.39 is 5.97 Å². The number of benzene rings is 1. The van der Waals surface area contributed by atoms with Crippen LogP contribution in [0.4, 0.5) is 0 Å². The molecule has 90 valence electrons. The van der Waals surface area contributed by atoms with Crippen molar-refractivity contribution in [2.75, 3.05) is 0 Å². The Morgan fingerprint density at radius 2 is 1.76 bits per heavy atom. The number of ketones is 1. The van der Waals surface area contributed by atoms with Gasteiger partial charge in [0.2, 0.25) is 0 Å². The Morgan fingerprint density at radius 3 is 2.24 bits per heavy atom. The molecule has 0 amide bonds. The van der Waals surface area contributed by atoms with Crippen LogP contribution < -0.4 is 4.74 Å². The Bertz CT molecular complexity index is 429. The third-order valence-electron chi connectivity index (χ3n) is 1.89. The Hall–Kier alpha value is -2.10. The van der Waals surface area contributed by atoms with Crippen LogP contribution in [0, 0.1) is 0 Å². The molecule has 4 heteroatoms. The first-order valence-corrected chi connectivity index (χ1v) is 5.21. The summed E-state index contributed by atoms with van der Waals surface area (Å²) in [5.74, 6) is -0.805. The van der Waals surface area contributed by atoms with Gasteiger partial charge < -0.3 is 9.84 Å². The number of allylic oxidation sites excluding steroid dienone is 1. The third-order valence-corrected chi connectivity index (χ3v) is 1.89. The van der Waals surface area contributed by atoms with Crippen molar-refractivity contribution < 1.29 is 19.4 Å². The van der Waals surface area contributed by atoms with Crippen LogP contribution in [0.15, 0.2) is 36.4 Å². The zero-order valence-corrected chi connectivity index (χ0v) is 9.71. The summed E-state index contributed by atoms with van der Waals surface area (Å²) in [5, 5.41) is 8.39. The molecule has 0 aromatic heterocycles. The summed E-state index contributed by atoms with van der Waals surface area (Å²) < 4.78 is 5.42. The van der Waals surface area contributed by atoms with E-state index in [1.54, 1.807) is 24.3 Å². The Labute approximate surface area is 99.5 Å². The summed E-state index contributed by atoms with van der Waals surface area (Å²) in [7, 11) is 0. The van der Waals surface area contributed by atoms with Gasteiger partial charge in [-0.15, -0.1) is 0 Å². The molecular formula is C13H14O4. The van der Waals surface area contributed by atoms with E-state index in [-0.39, 0.29) is 11.9 Å². The van der Waals surface area contributed by atoms with Crippen LogP contribution in [0.1, 0.15) is 24.2 Å². The number of carboxylic acids is 1. The maximum absolute atomic E-state index is 11.5. The van der Waals surface area contributed by atoms with Crippen molar-refractivity contribution >= 4 is 11.8 Å². The highest BCUT2D eigenvalue weighted by Crippen LogP contribution is 2.14. The minimum Gasteiger partial charge on any atom is -0.491 e. The molecule has 0 aliphatic rings. The molecular weight excluding hydrogens is 220 g/mol. The highest BCUT2D eigenvalue weighted by molar-refractivity contribution is 6.06. The normalized spacial score (nSPS) is 10.8. The van der Waals surface area contributed by atoms with Gasteiger partial charge in [0.1, 0.15) is 5.75 Å². The number of ether oxygens (including phenoxy) is 1. The molecule has 0 heterocycles. The maximum Gasteiger partial charge on any atom is 0.328 e. The minimum atomic E-state index is -1.14. The number of hydrogen-bond acceptors (Lipinski definition) is 3. The van der Waals surface area contributed by atoms with E-state index in [1.807, 2.05) is 13.8 Å². The fourth-order valence-electron chi connectivity index (χ4n) is 1.21. The molecule has 1 aromatic rings. The molecule has 0 spiro atoms. The largest absolute Gasteiger partial charge is 0.491 e. The Morgan fingerprint density at radius 1 is 1.18 bits per heavy atom. The van der Waals surface area contributed by atoms with Gasteiger partial charge in [0.05, 0.1) is 6.10 Å². The molecule has 0 bridgehead atoms. The molecule has 0 saturated carbocycles. The fraction of sp³-hybridized carbons (Fsp3) is 0.231. The summed E-state index contributed by atoms with van der Waals surface area (Å²) in [6, 6.07) is 6.57. The van der Waals surface area contributed by atoms with Gasteiger partial charge >= 0.3 is 5.97 Å². The van der Waals surface area contributed by atoms with Gasteiger partial charge in [-0.05, 0) is 44.2 Å². The van der Waals surface area contributed by atoms with Gasteiger partial charge in [-0.2, -0.15) is 0 Å². The maximum atomic E-state index is 11.5. The van der Waals surface area contributed by atoms with Crippen LogP contribution in [0.3, 0.4) is 0 Å². The van der Waals surface area contributed by atoms with Crippen molar-refractivity contribution in [2.24, 2.45) is 0 Å². The predicted octanol–water partition coefficient (Wildman–Crippen LogP) is 2.30. The third kappa shape index (κ3) is 4.51. The Kier molecular flexibility index (Phi) is 4.46. The van der Waals surface area contributed by atoms with Crippen LogP contribution in [0.5, 0.6) is 5.75 Å². The van der Waals surface area contributed by atoms with Gasteiger partial charge in [-0.1, -0.05) is 0 Å². The lowest BCUT2D eigenvalue weighted by molar-refractivity contribution is -0.131. The summed E-state index contributed by atoms with van der Waals surface area (Å²) in [6.45, 7) is 3.82. The highest BCUT2D eigenvalue weighted by Gasteiger charge is 2.03. The fourth-order valence-corrected chi connectivity index (χ4v) is 1.21. The standard InChI is InChI=1S/C13H14O4/c1-9(2)17-11-5-3-10(4-6-11)12(14)7-8-13(15)16/h3-9H,1-2H3,(H,15,16). The number of carbonyl (C=O) groups is 2. The molecule has 0 fully saturated rings. The zero-order valence-electron chi connectivity index (χ0n) is 9.71. The van der Waals surface area contributed by atoms with Crippen molar-refractivity contribution in [3.8, 4) is 5.75 Å². The van der Waals surface area contributed by atoms with Crippen LogP contribution in [-0.4, -0.2) is 23.0 Å². The number of hydrogen-bond donors (Lipinski definition) is 1. The van der Waals surface area contributed by atoms with Crippen molar-refractivity contribution in [2.45, 2.75) is 20.0 Å². The lowest BCUT2D eigenvalue weighted by atomic mass is 10.1. The average Bonchev–Trinajstić information content (AvgIpc) is 2.26. The monoisotopic (exact) mass is 234 g/mol. The Balaban J connectivity index is 2.73. The molecule has 0 radical (unpaired) electrons. The minimum absolute atomic E-state index is 0.0726. The summed E-state index contributed by atoms with van der Waals surface area (Å²) >= 11 is 0. The second kappa shape index (κ2) is 5.84. The predicted molar refractivity (Wildman–Crippen MR) is 63.3 cm³/mol. The van der Waals surface area contributed by atoms with E-state index in [9.17, 15) is 9.59 Å². The topological polar surface area (TPSA) is 63.6 Å². The van der Waals surface area contributed by atoms with E-state index in [0.29, 0.717) is 11.3 Å². The summed E-state index contributed by atoms with van der Waals surface area (Å²) in [5.41, 5.74) is 0.429. The second-order valence-electron chi connectivity index (χ2n) is 3.73. The SMILES string of the molecule is CC(C)Oc1ccc(C(=O)C=CC(=O)O)cc1. The van der Waals surface area contributed by atoms with Gasteiger partial charge in [0.25, 0.3) is 0 Å². The van der Waals surface area contributed by atoms with Gasteiger partial charge in [-0.25, -0.2) is 4.79 Å². The summed E-state index contributed by atoms with van der Waals surface area (Å²) in [6.07, 6.45) is 1.92. The van der Waals surface area contributed by atoms with Crippen LogP contribution in [0.25, 0.3) is 0 Å². The van der Waals surface area contributed by atoms with E-state index in [4.69, 9.17) is 9.84 Å². The molecule has 0 saturated heterocycles. The first-order valence-electron chi connectivity index (χ1n) is 5.21. The number of aliphatic carboxylic acids is 1. The van der Waals surface area contributed by atoms with E-state index in [1.165, 1.54) is 0 Å². The lowest BCUT2D eigenvalue weighted by Crippen LogP contribution is -2.05. The highest BCUT2D eigenvalue weighted by atomic mass is 16.5. The van der Waals surface area contributed by atoms with Gasteiger partial charge in [-0.3, -0.25) is 4.79 Å². The number of carboxylic acid groups (broad SMARTS) is 1. The quantitative estimate of drug-likeness (QED) is 0.627. The molecule has 4 nitrogen and oxygen atoms in total. The first kappa shape index (κ1) is 13.0. The van der Waals surface area contributed by atoms with Crippen molar-refractivity contribution in [1.29, 1.82) is 0 Å². The van der Waals surface area contributed by atoms with E-state index in [0.717, 1.165) is 12.2 Å². The van der Waals surface area contributed by atoms with Crippen molar-refractivity contribution in [3.05, 3.63) is 42.0 Å². The second-order valence-corrected chi connectivity index (χ2v) is 3.73. The van der Waals surface area contributed by atoms with Crippen molar-refractivity contribution in [3.63, 3.8) is 0 Å². The number of carbonyl (C=O) groups excluding carboxylic acids is 1.